The molecule has 0 spiro atoms. The molecule has 0 aliphatic carbocycles. The number of hydrogen-bond donors (Lipinski definition) is 2. The first-order valence-electron chi connectivity index (χ1n) is 7.06. The second-order valence-electron chi connectivity index (χ2n) is 5.50. The normalized spacial score (nSPS) is 13.7. The van der Waals surface area contributed by atoms with Crippen LogP contribution in [0.2, 0.25) is 0 Å². The van der Waals surface area contributed by atoms with E-state index in [2.05, 4.69) is 26.2 Å². The van der Waals surface area contributed by atoms with Crippen LogP contribution in [0.4, 0.5) is 0 Å². The average molecular weight is 375 g/mol. The van der Waals surface area contributed by atoms with E-state index in [0.29, 0.717) is 21.4 Å². The van der Waals surface area contributed by atoms with Crippen molar-refractivity contribution in [3.05, 3.63) is 64.6 Å². The van der Waals surface area contributed by atoms with Gasteiger partial charge in [-0.2, -0.15) is 0 Å². The highest BCUT2D eigenvalue weighted by Gasteiger charge is 2.28. The third-order valence-electron chi connectivity index (χ3n) is 3.52. The molecular weight excluding hydrogens is 360 g/mol. The predicted octanol–water partition coefficient (Wildman–Crippen LogP) is 3.23. The lowest BCUT2D eigenvalue weighted by atomic mass is 10.0. The highest BCUT2D eigenvalue weighted by atomic mass is 79.9. The molecule has 1 amide bonds. The Hall–Kier alpha value is -2.18. The van der Waals surface area contributed by atoms with E-state index in [1.807, 2.05) is 24.3 Å². The zero-order chi connectivity index (χ0) is 16.4. The number of hydrogen-bond acceptors (Lipinski definition) is 4. The molecule has 0 aliphatic rings. The van der Waals surface area contributed by atoms with Crippen LogP contribution in [-0.4, -0.2) is 22.5 Å². The lowest BCUT2D eigenvalue weighted by molar-refractivity contribution is 0.0344. The number of aliphatic hydroxyl groups is 1. The number of benzene rings is 1. The fourth-order valence-corrected chi connectivity index (χ4v) is 2.59. The Morgan fingerprint density at radius 3 is 2.87 bits per heavy atom. The second-order valence-corrected chi connectivity index (χ2v) is 6.41. The van der Waals surface area contributed by atoms with Crippen molar-refractivity contribution < 1.29 is 14.3 Å². The van der Waals surface area contributed by atoms with Crippen LogP contribution in [0.3, 0.4) is 0 Å². The fourth-order valence-electron chi connectivity index (χ4n) is 2.22. The van der Waals surface area contributed by atoms with Gasteiger partial charge in [-0.3, -0.25) is 9.78 Å². The largest absolute Gasteiger partial charge is 0.458 e. The van der Waals surface area contributed by atoms with E-state index in [-0.39, 0.29) is 12.5 Å². The van der Waals surface area contributed by atoms with Crippen molar-refractivity contribution in [1.82, 2.24) is 10.3 Å². The summed E-state index contributed by atoms with van der Waals surface area (Å²) in [5.74, 6) is 0.0987. The fraction of sp³-hybridized carbons (Fsp3) is 0.176. The first-order valence-corrected chi connectivity index (χ1v) is 7.85. The Bertz CT molecular complexity index is 825. The number of rotatable bonds is 4. The Morgan fingerprint density at radius 2 is 2.13 bits per heavy atom. The standard InChI is InChI=1S/C17H15BrN2O3/c1-17(22,15-7-11-4-2-3-5-14(11)23-15)10-20-16(21)12-6-13(18)9-19-8-12/h2-9,22H,10H2,1H3,(H,20,21). The molecule has 0 radical (unpaired) electrons. The van der Waals surface area contributed by atoms with Crippen molar-refractivity contribution in [1.29, 1.82) is 0 Å². The summed E-state index contributed by atoms with van der Waals surface area (Å²) < 4.78 is 6.39. The number of nitrogens with zero attached hydrogens (tertiary/aromatic N) is 1. The van der Waals surface area contributed by atoms with E-state index < -0.39 is 5.60 Å². The van der Waals surface area contributed by atoms with Crippen LogP contribution in [0.15, 0.2) is 57.7 Å². The lowest BCUT2D eigenvalue weighted by Gasteiger charge is -2.21. The topological polar surface area (TPSA) is 75.4 Å². The molecule has 3 aromatic rings. The molecule has 0 aliphatic heterocycles. The molecular formula is C17H15BrN2O3. The molecule has 2 N–H and O–H groups in total. The van der Waals surface area contributed by atoms with Crippen molar-refractivity contribution in [3.8, 4) is 0 Å². The minimum atomic E-state index is -1.31. The molecule has 0 saturated heterocycles. The van der Waals surface area contributed by atoms with Crippen LogP contribution in [-0.2, 0) is 5.60 Å². The number of aromatic nitrogens is 1. The van der Waals surface area contributed by atoms with Gasteiger partial charge in [0.2, 0.25) is 0 Å². The Kier molecular flexibility index (Phi) is 4.19. The van der Waals surface area contributed by atoms with Crippen molar-refractivity contribution in [2.24, 2.45) is 0 Å². The van der Waals surface area contributed by atoms with Gasteiger partial charge in [0, 0.05) is 22.3 Å². The Labute approximate surface area is 141 Å². The number of carbonyl (C=O) groups excluding carboxylic acids is 1. The van der Waals surface area contributed by atoms with Crippen molar-refractivity contribution >= 4 is 32.8 Å². The van der Waals surface area contributed by atoms with Gasteiger partial charge in [0.25, 0.3) is 5.91 Å². The summed E-state index contributed by atoms with van der Waals surface area (Å²) in [6.45, 7) is 1.63. The van der Waals surface area contributed by atoms with E-state index in [4.69, 9.17) is 4.42 Å². The molecule has 0 bridgehead atoms. The zero-order valence-corrected chi connectivity index (χ0v) is 14.0. The number of fused-ring (bicyclic) bond motifs is 1. The van der Waals surface area contributed by atoms with E-state index in [0.717, 1.165) is 5.39 Å². The molecule has 5 nitrogen and oxygen atoms in total. The van der Waals surface area contributed by atoms with Crippen LogP contribution in [0.25, 0.3) is 11.0 Å². The molecule has 3 rings (SSSR count). The maximum Gasteiger partial charge on any atom is 0.252 e. The first kappa shape index (κ1) is 15.7. The van der Waals surface area contributed by atoms with Crippen molar-refractivity contribution in [3.63, 3.8) is 0 Å². The molecule has 2 heterocycles. The number of halogens is 1. The van der Waals surface area contributed by atoms with E-state index in [9.17, 15) is 9.90 Å². The third kappa shape index (κ3) is 3.43. The minimum Gasteiger partial charge on any atom is -0.458 e. The molecule has 1 aromatic carbocycles. The van der Waals surface area contributed by atoms with Crippen LogP contribution in [0, 0.1) is 0 Å². The highest BCUT2D eigenvalue weighted by Crippen LogP contribution is 2.27. The molecule has 2 aromatic heterocycles. The summed E-state index contributed by atoms with van der Waals surface area (Å²) in [6.07, 6.45) is 3.07. The Balaban J connectivity index is 1.74. The van der Waals surface area contributed by atoms with Gasteiger partial charge in [0.05, 0.1) is 12.1 Å². The second kappa shape index (κ2) is 6.14. The molecule has 6 heteroatoms. The van der Waals surface area contributed by atoms with Gasteiger partial charge in [-0.05, 0) is 41.1 Å². The third-order valence-corrected chi connectivity index (χ3v) is 3.95. The summed E-state index contributed by atoms with van der Waals surface area (Å²) in [6, 6.07) is 11.0. The maximum atomic E-state index is 12.1. The van der Waals surface area contributed by atoms with Crippen LogP contribution < -0.4 is 5.32 Å². The quantitative estimate of drug-likeness (QED) is 0.734. The smallest absolute Gasteiger partial charge is 0.252 e. The van der Waals surface area contributed by atoms with E-state index in [1.54, 1.807) is 25.3 Å². The summed E-state index contributed by atoms with van der Waals surface area (Å²) in [7, 11) is 0. The van der Waals surface area contributed by atoms with Gasteiger partial charge in [0.1, 0.15) is 16.9 Å². The van der Waals surface area contributed by atoms with Crippen molar-refractivity contribution in [2.45, 2.75) is 12.5 Å². The van der Waals surface area contributed by atoms with Gasteiger partial charge < -0.3 is 14.8 Å². The van der Waals surface area contributed by atoms with Crippen LogP contribution in [0.5, 0.6) is 0 Å². The minimum absolute atomic E-state index is 0.0260. The molecule has 1 atom stereocenters. The van der Waals surface area contributed by atoms with Crippen LogP contribution >= 0.6 is 15.9 Å². The maximum absolute atomic E-state index is 12.1. The Morgan fingerprint density at radius 1 is 1.35 bits per heavy atom. The van der Waals surface area contributed by atoms with E-state index in [1.165, 1.54) is 6.20 Å². The van der Waals surface area contributed by atoms with Gasteiger partial charge in [-0.1, -0.05) is 18.2 Å². The number of amides is 1. The summed E-state index contributed by atoms with van der Waals surface area (Å²) in [5, 5.41) is 14.2. The lowest BCUT2D eigenvalue weighted by Crippen LogP contribution is -2.38. The zero-order valence-electron chi connectivity index (χ0n) is 12.4. The van der Waals surface area contributed by atoms with Crippen molar-refractivity contribution in [2.75, 3.05) is 6.54 Å². The SMILES string of the molecule is CC(O)(CNC(=O)c1cncc(Br)c1)c1cc2ccccc2o1. The number of pyridine rings is 1. The number of para-hydroxylation sites is 1. The van der Waals surface area contributed by atoms with Gasteiger partial charge >= 0.3 is 0 Å². The highest BCUT2D eigenvalue weighted by molar-refractivity contribution is 9.10. The van der Waals surface area contributed by atoms with Gasteiger partial charge in [-0.25, -0.2) is 0 Å². The molecule has 23 heavy (non-hydrogen) atoms. The summed E-state index contributed by atoms with van der Waals surface area (Å²) >= 11 is 3.27. The summed E-state index contributed by atoms with van der Waals surface area (Å²) in [5.41, 5.74) is -0.196. The summed E-state index contributed by atoms with van der Waals surface area (Å²) in [4.78, 5) is 16.1. The molecule has 0 saturated carbocycles. The number of nitrogens with one attached hydrogen (secondary N) is 1. The average Bonchev–Trinajstić information content (AvgIpc) is 2.97. The molecule has 1 unspecified atom stereocenters. The van der Waals surface area contributed by atoms with E-state index >= 15 is 0 Å². The monoisotopic (exact) mass is 374 g/mol. The predicted molar refractivity (Wildman–Crippen MR) is 90.1 cm³/mol. The number of furan rings is 1. The first-order chi connectivity index (χ1) is 11.0. The van der Waals surface area contributed by atoms with Gasteiger partial charge in [0.15, 0.2) is 0 Å². The van der Waals surface area contributed by atoms with Crippen LogP contribution in [0.1, 0.15) is 23.0 Å². The molecule has 0 fully saturated rings. The molecule has 118 valence electrons. The number of carbonyl (C=O) groups is 1. The van der Waals surface area contributed by atoms with Gasteiger partial charge in [-0.15, -0.1) is 0 Å².